The van der Waals surface area contributed by atoms with Gasteiger partial charge in [0.25, 0.3) is 0 Å². The monoisotopic (exact) mass is 456 g/mol. The highest BCUT2D eigenvalue weighted by Crippen LogP contribution is 2.30. The average molecular weight is 456 g/mol. The van der Waals surface area contributed by atoms with E-state index in [2.05, 4.69) is 56.7 Å². The fourth-order valence-corrected chi connectivity index (χ4v) is 5.03. The van der Waals surface area contributed by atoms with Crippen LogP contribution in [0.25, 0.3) is 0 Å². The largest absolute Gasteiger partial charge is 0.489 e. The van der Waals surface area contributed by atoms with Crippen molar-refractivity contribution in [3.05, 3.63) is 27.8 Å². The number of benzene rings is 1. The first-order valence-corrected chi connectivity index (χ1v) is 10.8. The van der Waals surface area contributed by atoms with Crippen molar-refractivity contribution in [2.75, 3.05) is 39.3 Å². The Labute approximate surface area is 164 Å². The van der Waals surface area contributed by atoms with Crippen LogP contribution in [0, 0.1) is 15.4 Å². The number of nitrogens with zero attached hydrogens (tertiary/aromatic N) is 2. The van der Waals surface area contributed by atoms with Crippen molar-refractivity contribution in [2.45, 2.75) is 37.9 Å². The molecule has 0 unspecified atom stereocenters. The van der Waals surface area contributed by atoms with Gasteiger partial charge in [0, 0.05) is 16.7 Å². The van der Waals surface area contributed by atoms with Crippen molar-refractivity contribution in [3.8, 4) is 5.75 Å². The lowest BCUT2D eigenvalue weighted by Gasteiger charge is -2.44. The molecule has 4 bridgehead atoms. The van der Waals surface area contributed by atoms with E-state index in [1.807, 2.05) is 0 Å². The first-order chi connectivity index (χ1) is 12.2. The van der Waals surface area contributed by atoms with Gasteiger partial charge in [-0.15, -0.1) is 0 Å². The number of aliphatic hydroxyl groups excluding tert-OH is 1. The van der Waals surface area contributed by atoms with E-state index in [-0.39, 0.29) is 6.10 Å². The van der Waals surface area contributed by atoms with Crippen molar-refractivity contribution in [3.63, 3.8) is 0 Å². The van der Waals surface area contributed by atoms with E-state index >= 15 is 0 Å². The molecule has 7 rings (SSSR count). The van der Waals surface area contributed by atoms with Crippen LogP contribution in [-0.2, 0) is 0 Å². The van der Waals surface area contributed by atoms with Crippen molar-refractivity contribution in [1.82, 2.24) is 9.80 Å². The quantitative estimate of drug-likeness (QED) is 0.695. The molecule has 6 heterocycles. The van der Waals surface area contributed by atoms with Gasteiger partial charge in [-0.3, -0.25) is 4.90 Å². The number of hydrogen-bond acceptors (Lipinski definition) is 4. The maximum absolute atomic E-state index is 9.36. The highest BCUT2D eigenvalue weighted by molar-refractivity contribution is 14.1. The smallest absolute Gasteiger partial charge is 0.119 e. The lowest BCUT2D eigenvalue weighted by molar-refractivity contribution is -0.0227. The summed E-state index contributed by atoms with van der Waals surface area (Å²) in [6.45, 7) is 7.05. The van der Waals surface area contributed by atoms with Gasteiger partial charge in [0.2, 0.25) is 0 Å². The summed E-state index contributed by atoms with van der Waals surface area (Å²) in [5.74, 6) is 2.44. The van der Waals surface area contributed by atoms with Gasteiger partial charge in [-0.05, 0) is 111 Å². The molecule has 0 saturated carbocycles. The Hall–Kier alpha value is -0.370. The van der Waals surface area contributed by atoms with Crippen LogP contribution in [0.2, 0.25) is 0 Å². The normalized spacial score (nSPS) is 38.8. The number of halogens is 1. The van der Waals surface area contributed by atoms with E-state index in [0.717, 1.165) is 24.8 Å². The third-order valence-electron chi connectivity index (χ3n) is 6.32. The fourth-order valence-electron chi connectivity index (χ4n) is 4.67. The number of aliphatic hydroxyl groups is 1. The standard InChI is InChI=1S/C13H16INO.C7H13NO/c14-11-1-3-12(4-2-11)16-13-9-15-7-5-10(13)6-8-15;9-7-5-8-3-1-6(7)2-4-8/h1-4,10,13H,5-9H2;6-7,9H,1-5H2/t13-;7-/m00/s1. The number of piperidine rings is 6. The summed E-state index contributed by atoms with van der Waals surface area (Å²) in [7, 11) is 0. The molecule has 6 aliphatic rings. The zero-order valence-corrected chi connectivity index (χ0v) is 17.0. The molecule has 0 radical (unpaired) electrons. The van der Waals surface area contributed by atoms with Gasteiger partial charge in [0.05, 0.1) is 6.10 Å². The van der Waals surface area contributed by atoms with Crippen LogP contribution < -0.4 is 4.74 Å². The Balaban J connectivity index is 0.000000147. The topological polar surface area (TPSA) is 35.9 Å². The molecule has 2 atom stereocenters. The van der Waals surface area contributed by atoms with Crippen LogP contribution in [0.5, 0.6) is 5.75 Å². The predicted octanol–water partition coefficient (Wildman–Crippen LogP) is 2.84. The van der Waals surface area contributed by atoms with Crippen LogP contribution in [-0.4, -0.2) is 66.4 Å². The van der Waals surface area contributed by atoms with Crippen LogP contribution in [0.1, 0.15) is 25.7 Å². The molecule has 138 valence electrons. The molecule has 6 saturated heterocycles. The number of ether oxygens (including phenoxy) is 1. The van der Waals surface area contributed by atoms with Gasteiger partial charge in [-0.25, -0.2) is 0 Å². The second-order valence-corrected chi connectivity index (χ2v) is 9.20. The van der Waals surface area contributed by atoms with Crippen molar-refractivity contribution in [1.29, 1.82) is 0 Å². The van der Waals surface area contributed by atoms with Gasteiger partial charge < -0.3 is 14.7 Å². The van der Waals surface area contributed by atoms with E-state index in [0.29, 0.717) is 12.0 Å². The van der Waals surface area contributed by atoms with Crippen LogP contribution in [0.4, 0.5) is 0 Å². The zero-order valence-electron chi connectivity index (χ0n) is 14.8. The van der Waals surface area contributed by atoms with E-state index in [1.165, 1.54) is 55.4 Å². The Bertz CT molecular complexity index is 551. The second-order valence-electron chi connectivity index (χ2n) is 7.95. The van der Waals surface area contributed by atoms with Gasteiger partial charge in [-0.1, -0.05) is 0 Å². The highest BCUT2D eigenvalue weighted by Gasteiger charge is 2.35. The van der Waals surface area contributed by atoms with Gasteiger partial charge in [0.15, 0.2) is 0 Å². The van der Waals surface area contributed by atoms with Gasteiger partial charge in [-0.2, -0.15) is 0 Å². The Morgan fingerprint density at radius 1 is 0.840 bits per heavy atom. The summed E-state index contributed by atoms with van der Waals surface area (Å²) >= 11 is 2.32. The molecule has 0 aromatic heterocycles. The molecule has 1 aromatic carbocycles. The minimum Gasteiger partial charge on any atom is -0.489 e. The number of rotatable bonds is 2. The minimum absolute atomic E-state index is 0.00694. The molecule has 6 aliphatic heterocycles. The average Bonchev–Trinajstić information content (AvgIpc) is 2.66. The Kier molecular flexibility index (Phi) is 5.84. The summed E-state index contributed by atoms with van der Waals surface area (Å²) in [6.07, 6.45) is 5.49. The van der Waals surface area contributed by atoms with E-state index < -0.39 is 0 Å². The zero-order chi connectivity index (χ0) is 17.2. The third kappa shape index (κ3) is 4.49. The fraction of sp³-hybridized carbons (Fsp3) is 0.700. The van der Waals surface area contributed by atoms with Crippen LogP contribution in [0.3, 0.4) is 0 Å². The molecule has 1 N–H and O–H groups in total. The van der Waals surface area contributed by atoms with Crippen molar-refractivity contribution >= 4 is 22.6 Å². The third-order valence-corrected chi connectivity index (χ3v) is 7.04. The van der Waals surface area contributed by atoms with E-state index in [4.69, 9.17) is 4.74 Å². The summed E-state index contributed by atoms with van der Waals surface area (Å²) in [4.78, 5) is 4.88. The summed E-state index contributed by atoms with van der Waals surface area (Å²) in [5.41, 5.74) is 0. The molecule has 0 aliphatic carbocycles. The first kappa shape index (κ1) is 18.0. The maximum Gasteiger partial charge on any atom is 0.119 e. The SMILES string of the molecule is Ic1ccc(O[C@H]2CN3CCC2CC3)cc1.O[C@H]1CN2CCC1CC2. The van der Waals surface area contributed by atoms with Gasteiger partial charge in [0.1, 0.15) is 11.9 Å². The molecule has 0 amide bonds. The van der Waals surface area contributed by atoms with E-state index in [1.54, 1.807) is 0 Å². The second kappa shape index (κ2) is 8.11. The summed E-state index contributed by atoms with van der Waals surface area (Å²) in [6, 6.07) is 8.38. The lowest BCUT2D eigenvalue weighted by atomic mass is 9.86. The molecule has 5 heteroatoms. The summed E-state index contributed by atoms with van der Waals surface area (Å²) in [5, 5.41) is 9.36. The van der Waals surface area contributed by atoms with Crippen LogP contribution in [0.15, 0.2) is 24.3 Å². The highest BCUT2D eigenvalue weighted by atomic mass is 127. The van der Waals surface area contributed by atoms with Crippen molar-refractivity contribution < 1.29 is 9.84 Å². The Morgan fingerprint density at radius 3 is 1.80 bits per heavy atom. The maximum atomic E-state index is 9.36. The van der Waals surface area contributed by atoms with Gasteiger partial charge >= 0.3 is 0 Å². The van der Waals surface area contributed by atoms with Crippen LogP contribution >= 0.6 is 22.6 Å². The molecular weight excluding hydrogens is 427 g/mol. The number of fused-ring (bicyclic) bond motifs is 6. The Morgan fingerprint density at radius 2 is 1.40 bits per heavy atom. The van der Waals surface area contributed by atoms with E-state index in [9.17, 15) is 5.11 Å². The van der Waals surface area contributed by atoms with Crippen molar-refractivity contribution in [2.24, 2.45) is 11.8 Å². The lowest BCUT2D eigenvalue weighted by Crippen LogP contribution is -2.52. The summed E-state index contributed by atoms with van der Waals surface area (Å²) < 4.78 is 7.36. The predicted molar refractivity (Wildman–Crippen MR) is 108 cm³/mol. The minimum atomic E-state index is -0.00694. The number of hydrogen-bond donors (Lipinski definition) is 1. The first-order valence-electron chi connectivity index (χ1n) is 9.72. The molecular formula is C20H29IN2O2. The molecule has 0 spiro atoms. The molecule has 6 fully saturated rings. The molecule has 4 nitrogen and oxygen atoms in total. The molecule has 25 heavy (non-hydrogen) atoms. The molecule has 1 aromatic rings.